The van der Waals surface area contributed by atoms with Crippen molar-refractivity contribution in [2.75, 3.05) is 20.1 Å². The molecule has 1 aromatic heterocycles. The molecule has 1 aromatic carbocycles. The van der Waals surface area contributed by atoms with Crippen LogP contribution in [0.3, 0.4) is 0 Å². The van der Waals surface area contributed by atoms with Gasteiger partial charge in [0, 0.05) is 63.5 Å². The first-order chi connectivity index (χ1) is 13.5. The molecule has 1 unspecified atom stereocenters. The van der Waals surface area contributed by atoms with E-state index in [1.54, 1.807) is 11.1 Å². The van der Waals surface area contributed by atoms with E-state index in [0.717, 1.165) is 30.8 Å². The Bertz CT molecular complexity index is 869. The molecule has 2 aromatic rings. The number of rotatable bonds is 5. The molecule has 6 heteroatoms. The van der Waals surface area contributed by atoms with Crippen molar-refractivity contribution in [3.8, 4) is 11.4 Å². The largest absolute Gasteiger partial charge is 0.341 e. The van der Waals surface area contributed by atoms with Crippen LogP contribution in [-0.4, -0.2) is 57.3 Å². The predicted molar refractivity (Wildman–Crippen MR) is 108 cm³/mol. The van der Waals surface area contributed by atoms with Gasteiger partial charge in [0.15, 0.2) is 0 Å². The normalized spacial score (nSPS) is 20.1. The molecule has 1 saturated heterocycles. The Morgan fingerprint density at radius 3 is 2.71 bits per heavy atom. The molecule has 1 aliphatic heterocycles. The van der Waals surface area contributed by atoms with Gasteiger partial charge in [0.1, 0.15) is 5.82 Å². The smallest absolute Gasteiger partial charge is 0.254 e. The van der Waals surface area contributed by atoms with Crippen molar-refractivity contribution < 1.29 is 9.59 Å². The number of amides is 2. The van der Waals surface area contributed by atoms with E-state index in [0.29, 0.717) is 24.6 Å². The number of hydrogen-bond acceptors (Lipinski definition) is 3. The van der Waals surface area contributed by atoms with Gasteiger partial charge in [0.05, 0.1) is 5.56 Å². The van der Waals surface area contributed by atoms with Gasteiger partial charge in [-0.15, -0.1) is 0 Å². The van der Waals surface area contributed by atoms with E-state index in [-0.39, 0.29) is 17.7 Å². The Balaban J connectivity index is 1.46. The molecule has 0 bridgehead atoms. The topological polar surface area (TPSA) is 58.4 Å². The Morgan fingerprint density at radius 1 is 1.25 bits per heavy atom. The highest BCUT2D eigenvalue weighted by molar-refractivity contribution is 6.00. The summed E-state index contributed by atoms with van der Waals surface area (Å²) >= 11 is 0. The molecule has 2 amide bonds. The van der Waals surface area contributed by atoms with Crippen molar-refractivity contribution in [3.05, 3.63) is 42.2 Å². The van der Waals surface area contributed by atoms with E-state index in [2.05, 4.69) is 9.88 Å². The second-order valence-corrected chi connectivity index (χ2v) is 8.15. The minimum atomic E-state index is -0.0228. The first kappa shape index (κ1) is 18.7. The summed E-state index contributed by atoms with van der Waals surface area (Å²) in [6.07, 6.45) is 8.87. The first-order valence-electron chi connectivity index (χ1n) is 10.2. The third-order valence-electron chi connectivity index (χ3n) is 6.10. The summed E-state index contributed by atoms with van der Waals surface area (Å²) in [5, 5.41) is 0. The van der Waals surface area contributed by atoms with E-state index in [1.165, 1.54) is 12.8 Å². The number of carbonyl (C=O) groups excluding carboxylic acids is 2. The summed E-state index contributed by atoms with van der Waals surface area (Å²) in [6.45, 7) is 1.38. The van der Waals surface area contributed by atoms with Crippen LogP contribution in [0.4, 0.5) is 0 Å². The summed E-state index contributed by atoms with van der Waals surface area (Å²) in [5.41, 5.74) is 1.48. The number of carbonyl (C=O) groups is 2. The standard InChI is InChI=1S/C22H28N4O2/c1-24-12-11-23-21(24)18-9-5-6-10-19(18)22(28)25(2)14-16-13-20(27)26(15-16)17-7-3-4-8-17/h5-6,9-12,16-17H,3-4,7-8,13-15H2,1-2H3. The molecule has 28 heavy (non-hydrogen) atoms. The van der Waals surface area contributed by atoms with Crippen molar-refractivity contribution in [3.63, 3.8) is 0 Å². The summed E-state index contributed by atoms with van der Waals surface area (Å²) in [5.74, 6) is 1.22. The molecule has 0 N–H and O–H groups in total. The van der Waals surface area contributed by atoms with Gasteiger partial charge >= 0.3 is 0 Å². The molecule has 148 valence electrons. The highest BCUT2D eigenvalue weighted by Gasteiger charge is 2.36. The van der Waals surface area contributed by atoms with Gasteiger partial charge in [0.25, 0.3) is 5.91 Å². The maximum absolute atomic E-state index is 13.2. The molecule has 1 aliphatic carbocycles. The second kappa shape index (κ2) is 7.78. The maximum Gasteiger partial charge on any atom is 0.254 e. The lowest BCUT2D eigenvalue weighted by molar-refractivity contribution is -0.129. The zero-order valence-corrected chi connectivity index (χ0v) is 16.7. The fourth-order valence-electron chi connectivity index (χ4n) is 4.67. The zero-order valence-electron chi connectivity index (χ0n) is 16.7. The van der Waals surface area contributed by atoms with E-state index in [1.807, 2.05) is 49.1 Å². The van der Waals surface area contributed by atoms with Crippen LogP contribution in [0.1, 0.15) is 42.5 Å². The molecule has 2 aliphatic rings. The van der Waals surface area contributed by atoms with Crippen LogP contribution < -0.4 is 0 Å². The lowest BCUT2D eigenvalue weighted by Crippen LogP contribution is -2.36. The average Bonchev–Trinajstić information content (AvgIpc) is 3.42. The van der Waals surface area contributed by atoms with E-state index in [4.69, 9.17) is 0 Å². The lowest BCUT2D eigenvalue weighted by atomic mass is 10.0. The molecule has 6 nitrogen and oxygen atoms in total. The van der Waals surface area contributed by atoms with Gasteiger partial charge in [-0.05, 0) is 18.9 Å². The van der Waals surface area contributed by atoms with Gasteiger partial charge < -0.3 is 14.4 Å². The monoisotopic (exact) mass is 380 g/mol. The van der Waals surface area contributed by atoms with Crippen LogP contribution >= 0.6 is 0 Å². The number of benzene rings is 1. The number of aromatic nitrogens is 2. The molecular weight excluding hydrogens is 352 g/mol. The number of hydrogen-bond donors (Lipinski definition) is 0. The van der Waals surface area contributed by atoms with Gasteiger partial charge in [-0.3, -0.25) is 9.59 Å². The third-order valence-corrected chi connectivity index (χ3v) is 6.10. The minimum Gasteiger partial charge on any atom is -0.341 e. The van der Waals surface area contributed by atoms with E-state index >= 15 is 0 Å². The van der Waals surface area contributed by atoms with Gasteiger partial charge in [-0.2, -0.15) is 0 Å². The summed E-state index contributed by atoms with van der Waals surface area (Å²) < 4.78 is 1.92. The van der Waals surface area contributed by atoms with Crippen molar-refractivity contribution in [1.29, 1.82) is 0 Å². The van der Waals surface area contributed by atoms with Crippen molar-refractivity contribution >= 4 is 11.8 Å². The molecule has 2 fully saturated rings. The summed E-state index contributed by atoms with van der Waals surface area (Å²) in [6, 6.07) is 8.02. The van der Waals surface area contributed by atoms with Crippen molar-refractivity contribution in [1.82, 2.24) is 19.4 Å². The molecule has 2 heterocycles. The number of nitrogens with zero attached hydrogens (tertiary/aromatic N) is 4. The third kappa shape index (κ3) is 3.55. The highest BCUT2D eigenvalue weighted by atomic mass is 16.2. The van der Waals surface area contributed by atoms with Gasteiger partial charge in [-0.25, -0.2) is 4.98 Å². The number of aryl methyl sites for hydroxylation is 1. The molecular formula is C22H28N4O2. The van der Waals surface area contributed by atoms with Crippen LogP contribution in [0, 0.1) is 5.92 Å². The van der Waals surface area contributed by atoms with E-state index in [9.17, 15) is 9.59 Å². The Hall–Kier alpha value is -2.63. The second-order valence-electron chi connectivity index (χ2n) is 8.15. The van der Waals surface area contributed by atoms with E-state index < -0.39 is 0 Å². The first-order valence-corrected chi connectivity index (χ1v) is 10.2. The van der Waals surface area contributed by atoms with Crippen LogP contribution in [0.5, 0.6) is 0 Å². The fraction of sp³-hybridized carbons (Fsp3) is 0.500. The lowest BCUT2D eigenvalue weighted by Gasteiger charge is -2.25. The number of imidazole rings is 1. The summed E-state index contributed by atoms with van der Waals surface area (Å²) in [7, 11) is 3.76. The fourth-order valence-corrected chi connectivity index (χ4v) is 4.67. The predicted octanol–water partition coefficient (Wildman–Crippen LogP) is 2.95. The molecule has 1 saturated carbocycles. The SMILES string of the molecule is CN(CC1CC(=O)N(C2CCCC2)C1)C(=O)c1ccccc1-c1nccn1C. The van der Waals surface area contributed by atoms with Crippen molar-refractivity contribution in [2.24, 2.45) is 13.0 Å². The Labute approximate surface area is 166 Å². The van der Waals surface area contributed by atoms with Gasteiger partial charge in [-0.1, -0.05) is 31.0 Å². The van der Waals surface area contributed by atoms with Gasteiger partial charge in [0.2, 0.25) is 5.91 Å². The van der Waals surface area contributed by atoms with Crippen LogP contribution in [0.25, 0.3) is 11.4 Å². The van der Waals surface area contributed by atoms with Crippen LogP contribution in [0.15, 0.2) is 36.7 Å². The van der Waals surface area contributed by atoms with Crippen molar-refractivity contribution in [2.45, 2.75) is 38.1 Å². The average molecular weight is 380 g/mol. The quantitative estimate of drug-likeness (QED) is 0.801. The minimum absolute atomic E-state index is 0.0228. The molecule has 4 rings (SSSR count). The highest BCUT2D eigenvalue weighted by Crippen LogP contribution is 2.30. The maximum atomic E-state index is 13.2. The molecule has 1 atom stereocenters. The van der Waals surface area contributed by atoms with Crippen LogP contribution in [0.2, 0.25) is 0 Å². The zero-order chi connectivity index (χ0) is 19.7. The van der Waals surface area contributed by atoms with Crippen LogP contribution in [-0.2, 0) is 11.8 Å². The Morgan fingerprint density at radius 2 is 2.00 bits per heavy atom. The summed E-state index contributed by atoms with van der Waals surface area (Å²) in [4.78, 5) is 33.8. The Kier molecular flexibility index (Phi) is 5.20. The molecule has 0 spiro atoms. The molecule has 0 radical (unpaired) electrons. The number of likely N-dealkylation sites (tertiary alicyclic amines) is 1.